The minimum absolute atomic E-state index is 0.103. The van der Waals surface area contributed by atoms with Crippen LogP contribution in [0.4, 0.5) is 26.3 Å². The average molecular weight is 581 g/mol. The van der Waals surface area contributed by atoms with E-state index in [1.165, 1.54) is 10.6 Å². The highest BCUT2D eigenvalue weighted by Crippen LogP contribution is 2.36. The molecule has 3 aromatic rings. The summed E-state index contributed by atoms with van der Waals surface area (Å²) in [7, 11) is 0. The Kier molecular flexibility index (Phi) is 9.34. The molecular formula is C23H22F6N4O5S. The second-order valence-electron chi connectivity index (χ2n) is 8.48. The number of thiophene rings is 1. The Morgan fingerprint density at radius 2 is 1.67 bits per heavy atom. The molecule has 39 heavy (non-hydrogen) atoms. The van der Waals surface area contributed by atoms with Gasteiger partial charge in [-0.25, -0.2) is 14.6 Å². The number of carbonyl (C=O) groups is 2. The lowest BCUT2D eigenvalue weighted by Gasteiger charge is -2.35. The first-order valence-electron chi connectivity index (χ1n) is 11.1. The number of hydrogen-bond acceptors (Lipinski definition) is 7. The number of hydrogen-bond donors (Lipinski definition) is 2. The molecule has 1 unspecified atom stereocenters. The summed E-state index contributed by atoms with van der Waals surface area (Å²) in [5.74, 6) is -4.47. The zero-order valence-electron chi connectivity index (χ0n) is 19.9. The van der Waals surface area contributed by atoms with Crippen LogP contribution in [0.2, 0.25) is 0 Å². The molecule has 1 fully saturated rings. The summed E-state index contributed by atoms with van der Waals surface area (Å²) in [6, 6.07) is 10.4. The van der Waals surface area contributed by atoms with E-state index < -0.39 is 24.3 Å². The van der Waals surface area contributed by atoms with Crippen molar-refractivity contribution in [1.82, 2.24) is 19.4 Å². The number of halogens is 6. The quantitative estimate of drug-likeness (QED) is 0.437. The van der Waals surface area contributed by atoms with Crippen LogP contribution in [-0.4, -0.2) is 72.6 Å². The third kappa shape index (κ3) is 8.24. The molecule has 9 nitrogen and oxygen atoms in total. The molecule has 5 heterocycles. The average Bonchev–Trinajstić information content (AvgIpc) is 3.60. The van der Waals surface area contributed by atoms with Crippen molar-refractivity contribution in [2.24, 2.45) is 0 Å². The molecule has 3 aromatic heterocycles. The molecule has 16 heteroatoms. The van der Waals surface area contributed by atoms with Crippen LogP contribution in [0.15, 0.2) is 48.1 Å². The number of aromatic nitrogens is 3. The lowest BCUT2D eigenvalue weighted by Crippen LogP contribution is -2.44. The molecule has 1 saturated heterocycles. The first-order chi connectivity index (χ1) is 18.2. The van der Waals surface area contributed by atoms with Crippen LogP contribution in [-0.2, 0) is 34.0 Å². The maximum absolute atomic E-state index is 10.6. The van der Waals surface area contributed by atoms with E-state index in [1.807, 2.05) is 18.5 Å². The monoisotopic (exact) mass is 580 g/mol. The number of likely N-dealkylation sites (tertiary alicyclic amines) is 1. The minimum Gasteiger partial charge on any atom is -0.475 e. The second kappa shape index (κ2) is 12.1. The van der Waals surface area contributed by atoms with Gasteiger partial charge >= 0.3 is 24.3 Å². The summed E-state index contributed by atoms with van der Waals surface area (Å²) in [6.45, 7) is 4.37. The van der Waals surface area contributed by atoms with Gasteiger partial charge in [0, 0.05) is 25.8 Å². The van der Waals surface area contributed by atoms with Crippen LogP contribution in [0.25, 0.3) is 10.6 Å². The van der Waals surface area contributed by atoms with Crippen molar-refractivity contribution in [2.45, 2.75) is 44.1 Å². The van der Waals surface area contributed by atoms with Crippen molar-refractivity contribution >= 4 is 23.3 Å². The number of carboxylic acids is 2. The van der Waals surface area contributed by atoms with E-state index in [4.69, 9.17) is 24.5 Å². The standard InChI is InChI=1S/C19H20N4OS.2C2HF3O2/c1-2-7-20-15(4-1)11-22-8-6-19(13-22)14-23-16(17-5-3-9-25-17)10-21-18(23)12-24-19;2*3-2(4,5)1(6)7/h1-5,7,9-10H,6,8,11-14H2;2*(H,6,7). The molecule has 0 bridgehead atoms. The van der Waals surface area contributed by atoms with E-state index in [9.17, 15) is 26.3 Å². The number of carboxylic acid groups (broad SMARTS) is 2. The van der Waals surface area contributed by atoms with Crippen molar-refractivity contribution in [1.29, 1.82) is 0 Å². The number of pyridine rings is 1. The van der Waals surface area contributed by atoms with E-state index in [2.05, 4.69) is 49.1 Å². The lowest BCUT2D eigenvalue weighted by molar-refractivity contribution is -0.193. The molecule has 0 amide bonds. The van der Waals surface area contributed by atoms with Crippen LogP contribution in [0, 0.1) is 0 Å². The summed E-state index contributed by atoms with van der Waals surface area (Å²) in [4.78, 5) is 30.6. The lowest BCUT2D eigenvalue weighted by atomic mass is 10.0. The highest BCUT2D eigenvalue weighted by molar-refractivity contribution is 7.13. The van der Waals surface area contributed by atoms with Gasteiger partial charge in [0.1, 0.15) is 18.0 Å². The fraction of sp³-hybridized carbons (Fsp3) is 0.391. The van der Waals surface area contributed by atoms with E-state index >= 15 is 0 Å². The highest BCUT2D eigenvalue weighted by Gasteiger charge is 2.43. The maximum atomic E-state index is 10.6. The summed E-state index contributed by atoms with van der Waals surface area (Å²) < 4.78 is 72.1. The molecule has 2 N–H and O–H groups in total. The maximum Gasteiger partial charge on any atom is 0.490 e. The Balaban J connectivity index is 0.000000251. The van der Waals surface area contributed by atoms with E-state index in [-0.39, 0.29) is 5.60 Å². The van der Waals surface area contributed by atoms with Crippen molar-refractivity contribution in [2.75, 3.05) is 13.1 Å². The number of alkyl halides is 6. The van der Waals surface area contributed by atoms with Crippen molar-refractivity contribution in [3.63, 3.8) is 0 Å². The second-order valence-corrected chi connectivity index (χ2v) is 9.43. The summed E-state index contributed by atoms with van der Waals surface area (Å²) in [6.07, 6.45) is -5.26. The highest BCUT2D eigenvalue weighted by atomic mass is 32.1. The van der Waals surface area contributed by atoms with E-state index in [0.29, 0.717) is 6.61 Å². The Labute approximate surface area is 221 Å². The van der Waals surface area contributed by atoms with Gasteiger partial charge in [-0.3, -0.25) is 9.88 Å². The van der Waals surface area contributed by atoms with Gasteiger partial charge in [0.05, 0.1) is 29.0 Å². The largest absolute Gasteiger partial charge is 0.490 e. The molecule has 0 aliphatic carbocycles. The van der Waals surface area contributed by atoms with Gasteiger partial charge < -0.3 is 19.5 Å². The predicted octanol–water partition coefficient (Wildman–Crippen LogP) is 4.45. The molecule has 212 valence electrons. The topological polar surface area (TPSA) is 118 Å². The van der Waals surface area contributed by atoms with Crippen molar-refractivity contribution < 1.29 is 50.9 Å². The van der Waals surface area contributed by atoms with Crippen LogP contribution >= 0.6 is 11.3 Å². The van der Waals surface area contributed by atoms with Crippen LogP contribution in [0.1, 0.15) is 17.9 Å². The molecule has 0 saturated carbocycles. The first kappa shape index (κ1) is 30.0. The molecule has 2 aliphatic rings. The van der Waals surface area contributed by atoms with Crippen LogP contribution in [0.3, 0.4) is 0 Å². The summed E-state index contributed by atoms with van der Waals surface area (Å²) >= 11 is 1.77. The van der Waals surface area contributed by atoms with Gasteiger partial charge in [-0.1, -0.05) is 12.1 Å². The number of ether oxygens (including phenoxy) is 1. The molecule has 1 spiro atoms. The summed E-state index contributed by atoms with van der Waals surface area (Å²) in [5.41, 5.74) is 2.24. The summed E-state index contributed by atoms with van der Waals surface area (Å²) in [5, 5.41) is 16.4. The van der Waals surface area contributed by atoms with Gasteiger partial charge in [0.25, 0.3) is 0 Å². The Hall–Kier alpha value is -3.50. The van der Waals surface area contributed by atoms with Crippen LogP contribution < -0.4 is 0 Å². The smallest absolute Gasteiger partial charge is 0.475 e. The molecule has 2 aliphatic heterocycles. The van der Waals surface area contributed by atoms with Gasteiger partial charge in [0.15, 0.2) is 0 Å². The first-order valence-corrected chi connectivity index (χ1v) is 12.0. The third-order valence-electron chi connectivity index (χ3n) is 5.66. The van der Waals surface area contributed by atoms with Crippen molar-refractivity contribution in [3.8, 4) is 10.6 Å². The number of rotatable bonds is 3. The number of imidazole rings is 1. The molecule has 0 radical (unpaired) electrons. The molecule has 0 aromatic carbocycles. The van der Waals surface area contributed by atoms with Gasteiger partial charge in [0.2, 0.25) is 0 Å². The van der Waals surface area contributed by atoms with Gasteiger partial charge in [-0.05, 0) is 30.0 Å². The third-order valence-corrected chi connectivity index (χ3v) is 6.55. The Bertz CT molecular complexity index is 1230. The Morgan fingerprint density at radius 3 is 2.21 bits per heavy atom. The Morgan fingerprint density at radius 1 is 1.00 bits per heavy atom. The van der Waals surface area contributed by atoms with Gasteiger partial charge in [-0.15, -0.1) is 11.3 Å². The number of nitrogens with zero attached hydrogens (tertiary/aromatic N) is 4. The molecule has 1 atom stereocenters. The van der Waals surface area contributed by atoms with E-state index in [0.717, 1.165) is 44.1 Å². The van der Waals surface area contributed by atoms with Crippen molar-refractivity contribution in [3.05, 3.63) is 59.6 Å². The van der Waals surface area contributed by atoms with E-state index in [1.54, 1.807) is 11.3 Å². The molecule has 5 rings (SSSR count). The predicted molar refractivity (Wildman–Crippen MR) is 125 cm³/mol. The fourth-order valence-electron chi connectivity index (χ4n) is 3.91. The normalized spacial score (nSPS) is 18.9. The molecular weight excluding hydrogens is 558 g/mol. The zero-order valence-corrected chi connectivity index (χ0v) is 20.8. The fourth-order valence-corrected chi connectivity index (χ4v) is 4.65. The van der Waals surface area contributed by atoms with Gasteiger partial charge in [-0.2, -0.15) is 26.3 Å². The zero-order chi connectivity index (χ0) is 28.8. The number of aliphatic carboxylic acids is 2. The van der Waals surface area contributed by atoms with Crippen LogP contribution in [0.5, 0.6) is 0 Å². The number of fused-ring (bicyclic) bond motifs is 1. The minimum atomic E-state index is -5.08. The SMILES string of the molecule is O=C(O)C(F)(F)F.O=C(O)C(F)(F)F.c1ccc(CN2CCC3(C2)Cn2c(-c4cccs4)cnc2CO3)nc1.